The molecule has 0 aromatic heterocycles. The van der Waals surface area contributed by atoms with E-state index in [2.05, 4.69) is 24.1 Å². The average Bonchev–Trinajstić information content (AvgIpc) is 2.50. The van der Waals surface area contributed by atoms with Crippen molar-refractivity contribution >= 4 is 6.21 Å². The van der Waals surface area contributed by atoms with Gasteiger partial charge in [0, 0.05) is 13.3 Å². The van der Waals surface area contributed by atoms with E-state index in [4.69, 9.17) is 4.74 Å². The summed E-state index contributed by atoms with van der Waals surface area (Å²) >= 11 is 0. The Morgan fingerprint density at radius 2 is 1.85 bits per heavy atom. The van der Waals surface area contributed by atoms with Crippen LogP contribution < -0.4 is 0 Å². The number of allylic oxidation sites excluding steroid dienone is 3. The normalized spacial score (nSPS) is 14.1. The highest BCUT2D eigenvalue weighted by molar-refractivity contribution is 5.80. The van der Waals surface area contributed by atoms with Crippen molar-refractivity contribution in [1.29, 1.82) is 0 Å². The van der Waals surface area contributed by atoms with Crippen LogP contribution in [0.1, 0.15) is 26.3 Å². The van der Waals surface area contributed by atoms with Gasteiger partial charge < -0.3 is 4.74 Å². The van der Waals surface area contributed by atoms with Crippen LogP contribution in [-0.4, -0.2) is 19.9 Å². The summed E-state index contributed by atoms with van der Waals surface area (Å²) in [5, 5.41) is 0. The predicted octanol–water partition coefficient (Wildman–Crippen LogP) is 4.55. The third-order valence-corrected chi connectivity index (χ3v) is 3.02. The minimum atomic E-state index is 0.551. The molecule has 1 aromatic rings. The van der Waals surface area contributed by atoms with Gasteiger partial charge in [-0.3, -0.25) is 4.99 Å². The molecule has 0 spiro atoms. The fourth-order valence-corrected chi connectivity index (χ4v) is 1.81. The van der Waals surface area contributed by atoms with Gasteiger partial charge in [-0.05, 0) is 43.6 Å². The van der Waals surface area contributed by atoms with Crippen molar-refractivity contribution in [2.45, 2.75) is 20.8 Å². The first-order valence-electron chi connectivity index (χ1n) is 6.81. The van der Waals surface area contributed by atoms with E-state index < -0.39 is 0 Å². The zero-order valence-corrected chi connectivity index (χ0v) is 12.8. The molecule has 20 heavy (non-hydrogen) atoms. The number of aliphatic imine (C=N–C) groups is 1. The average molecular weight is 269 g/mol. The van der Waals surface area contributed by atoms with Gasteiger partial charge in [0.25, 0.3) is 0 Å². The van der Waals surface area contributed by atoms with Gasteiger partial charge in [-0.2, -0.15) is 0 Å². The molecule has 0 bridgehead atoms. The summed E-state index contributed by atoms with van der Waals surface area (Å²) in [6.07, 6.45) is 8.06. The number of methoxy groups -OCH3 is 1. The molecule has 0 saturated heterocycles. The quantitative estimate of drug-likeness (QED) is 0.548. The highest BCUT2D eigenvalue weighted by Crippen LogP contribution is 2.20. The van der Waals surface area contributed by atoms with Crippen LogP contribution in [0.2, 0.25) is 0 Å². The molecule has 0 unspecified atom stereocenters. The Balaban J connectivity index is 3.05. The van der Waals surface area contributed by atoms with E-state index in [-0.39, 0.29) is 0 Å². The lowest BCUT2D eigenvalue weighted by Gasteiger charge is -2.08. The van der Waals surface area contributed by atoms with Crippen LogP contribution in [0.25, 0.3) is 0 Å². The molecule has 2 nitrogen and oxygen atoms in total. The maximum atomic E-state index is 5.14. The standard InChI is InChI=1S/C18H23NO/c1-5-15(3)17(6-2)18(12-13-20-4)19-14-16-10-8-7-9-11-16/h5-12,14H,13H2,1-4H3/b15-5-,17-6-,18-12+,19-14?. The van der Waals surface area contributed by atoms with Crippen LogP contribution in [0.4, 0.5) is 0 Å². The Morgan fingerprint density at radius 1 is 1.15 bits per heavy atom. The summed E-state index contributed by atoms with van der Waals surface area (Å²) in [4.78, 5) is 4.62. The first kappa shape index (κ1) is 16.1. The lowest BCUT2D eigenvalue weighted by molar-refractivity contribution is 0.233. The third-order valence-electron chi connectivity index (χ3n) is 3.02. The van der Waals surface area contributed by atoms with Crippen molar-refractivity contribution in [2.24, 2.45) is 4.99 Å². The van der Waals surface area contributed by atoms with Gasteiger partial charge in [-0.1, -0.05) is 42.5 Å². The Bertz CT molecular complexity index is 522. The van der Waals surface area contributed by atoms with Crippen LogP contribution in [0.3, 0.4) is 0 Å². The molecule has 0 saturated carbocycles. The van der Waals surface area contributed by atoms with Crippen LogP contribution >= 0.6 is 0 Å². The second-order valence-corrected chi connectivity index (χ2v) is 4.39. The molecule has 0 atom stereocenters. The van der Waals surface area contributed by atoms with Crippen LogP contribution in [0.5, 0.6) is 0 Å². The summed E-state index contributed by atoms with van der Waals surface area (Å²) in [6, 6.07) is 10.1. The van der Waals surface area contributed by atoms with Gasteiger partial charge >= 0.3 is 0 Å². The molecule has 1 aromatic carbocycles. The topological polar surface area (TPSA) is 21.6 Å². The molecule has 106 valence electrons. The summed E-state index contributed by atoms with van der Waals surface area (Å²) in [5.74, 6) is 0. The van der Waals surface area contributed by atoms with E-state index in [0.717, 1.165) is 16.8 Å². The smallest absolute Gasteiger partial charge is 0.0684 e. The molecule has 0 heterocycles. The van der Waals surface area contributed by atoms with E-state index in [1.165, 1.54) is 5.57 Å². The maximum absolute atomic E-state index is 5.14. The van der Waals surface area contributed by atoms with Crippen molar-refractivity contribution in [1.82, 2.24) is 0 Å². The number of hydrogen-bond donors (Lipinski definition) is 0. The third kappa shape index (κ3) is 4.98. The molecule has 0 aliphatic heterocycles. The van der Waals surface area contributed by atoms with Crippen molar-refractivity contribution in [3.05, 3.63) is 71.0 Å². The second-order valence-electron chi connectivity index (χ2n) is 4.39. The number of nitrogens with zero attached hydrogens (tertiary/aromatic N) is 1. The fraction of sp³-hybridized carbons (Fsp3) is 0.278. The highest BCUT2D eigenvalue weighted by atomic mass is 16.5. The van der Waals surface area contributed by atoms with Crippen molar-refractivity contribution in [3.8, 4) is 0 Å². The molecule has 1 rings (SSSR count). The van der Waals surface area contributed by atoms with Crippen molar-refractivity contribution in [3.63, 3.8) is 0 Å². The first-order valence-corrected chi connectivity index (χ1v) is 6.81. The Labute approximate surface area is 122 Å². The number of rotatable bonds is 6. The predicted molar refractivity (Wildman–Crippen MR) is 87.2 cm³/mol. The summed E-state index contributed by atoms with van der Waals surface area (Å²) in [6.45, 7) is 6.71. The van der Waals surface area contributed by atoms with Crippen molar-refractivity contribution in [2.75, 3.05) is 13.7 Å². The second kappa shape index (κ2) is 9.05. The summed E-state index contributed by atoms with van der Waals surface area (Å²) < 4.78 is 5.14. The monoisotopic (exact) mass is 269 g/mol. The van der Waals surface area contributed by atoms with E-state index in [1.54, 1.807) is 7.11 Å². The van der Waals surface area contributed by atoms with Gasteiger partial charge in [0.15, 0.2) is 0 Å². The maximum Gasteiger partial charge on any atom is 0.0684 e. The Hall–Kier alpha value is -1.93. The van der Waals surface area contributed by atoms with Crippen LogP contribution in [0, 0.1) is 0 Å². The van der Waals surface area contributed by atoms with E-state index in [9.17, 15) is 0 Å². The van der Waals surface area contributed by atoms with E-state index in [1.807, 2.05) is 56.5 Å². The Morgan fingerprint density at radius 3 is 2.40 bits per heavy atom. The van der Waals surface area contributed by atoms with Gasteiger partial charge in [-0.15, -0.1) is 0 Å². The number of hydrogen-bond acceptors (Lipinski definition) is 2. The molecule has 2 heteroatoms. The molecule has 0 aliphatic carbocycles. The van der Waals surface area contributed by atoms with Gasteiger partial charge in [0.05, 0.1) is 12.3 Å². The SMILES string of the molecule is C\C=C(C)/C(=C/C)C(=C\COC)/N=Cc1ccccc1. The molecule has 0 N–H and O–H groups in total. The van der Waals surface area contributed by atoms with Gasteiger partial charge in [0.1, 0.15) is 0 Å². The zero-order chi connectivity index (χ0) is 14.8. The van der Waals surface area contributed by atoms with Gasteiger partial charge in [-0.25, -0.2) is 0 Å². The van der Waals surface area contributed by atoms with Gasteiger partial charge in [0.2, 0.25) is 0 Å². The molecular weight excluding hydrogens is 246 g/mol. The Kier molecular flexibility index (Phi) is 7.30. The minimum absolute atomic E-state index is 0.551. The van der Waals surface area contributed by atoms with E-state index >= 15 is 0 Å². The van der Waals surface area contributed by atoms with Crippen LogP contribution in [-0.2, 0) is 4.74 Å². The lowest BCUT2D eigenvalue weighted by atomic mass is 10.0. The molecule has 0 fully saturated rings. The van der Waals surface area contributed by atoms with E-state index in [0.29, 0.717) is 6.61 Å². The number of ether oxygens (including phenoxy) is 1. The number of benzene rings is 1. The highest BCUT2D eigenvalue weighted by Gasteiger charge is 2.04. The molecule has 0 amide bonds. The molecular formula is C18H23NO. The van der Waals surface area contributed by atoms with Crippen LogP contribution in [0.15, 0.2) is 70.4 Å². The molecule has 0 aliphatic rings. The lowest BCUT2D eigenvalue weighted by Crippen LogP contribution is -1.94. The zero-order valence-electron chi connectivity index (χ0n) is 12.8. The minimum Gasteiger partial charge on any atom is -0.381 e. The first-order chi connectivity index (χ1) is 9.72. The largest absolute Gasteiger partial charge is 0.381 e. The summed E-state index contributed by atoms with van der Waals surface area (Å²) in [7, 11) is 1.69. The fourth-order valence-electron chi connectivity index (χ4n) is 1.81. The molecule has 0 radical (unpaired) electrons. The van der Waals surface area contributed by atoms with Crippen molar-refractivity contribution < 1.29 is 4.74 Å². The summed E-state index contributed by atoms with van der Waals surface area (Å²) in [5.41, 5.74) is 4.37.